The Bertz CT molecular complexity index is 4340. The van der Waals surface area contributed by atoms with Crippen LogP contribution < -0.4 is 43.0 Å². The van der Waals surface area contributed by atoms with Gasteiger partial charge in [-0.2, -0.15) is 0 Å². The minimum atomic E-state index is -1.29. The third kappa shape index (κ3) is 42.5. The van der Waals surface area contributed by atoms with Crippen LogP contribution in [0.1, 0.15) is 261 Å². The monoisotopic (exact) mass is 1930 g/mol. The van der Waals surface area contributed by atoms with E-state index >= 15 is 0 Å². The van der Waals surface area contributed by atoms with Gasteiger partial charge in [0.2, 0.25) is 47.3 Å². The van der Waals surface area contributed by atoms with Crippen molar-refractivity contribution in [3.63, 3.8) is 0 Å². The van der Waals surface area contributed by atoms with E-state index in [4.69, 9.17) is 52.6 Å². The van der Waals surface area contributed by atoms with E-state index in [9.17, 15) is 71.9 Å². The van der Waals surface area contributed by atoms with E-state index in [-0.39, 0.29) is 107 Å². The number of nitrogens with zero attached hydrogens (tertiary/aromatic N) is 4. The van der Waals surface area contributed by atoms with E-state index in [1.54, 1.807) is 109 Å². The minimum Gasteiger partial charge on any atom is -0.456 e. The molecule has 2 aromatic rings. The van der Waals surface area contributed by atoms with Gasteiger partial charge in [0.1, 0.15) is 66.1 Å². The van der Waals surface area contributed by atoms with Gasteiger partial charge in [-0.25, -0.2) is 24.0 Å². The highest BCUT2D eigenvalue weighted by Gasteiger charge is 2.41. The molecule has 2 aromatic carbocycles. The van der Waals surface area contributed by atoms with E-state index in [1.807, 2.05) is 95.2 Å². The molecule has 4 rings (SSSR count). The number of amides is 11. The number of carbonyl (C=O) groups excluding carboxylic acids is 15. The number of hydrogen-bond acceptors (Lipinski definition) is 21. The van der Waals surface area contributed by atoms with Crippen LogP contribution in [-0.2, 0) is 104 Å². The number of benzene rings is 2. The highest BCUT2D eigenvalue weighted by Crippen LogP contribution is 2.28. The molecule has 2 aliphatic heterocycles. The molecule has 16 atom stereocenters. The van der Waals surface area contributed by atoms with Crippen molar-refractivity contribution in [1.82, 2.24) is 56.8 Å². The lowest BCUT2D eigenvalue weighted by Gasteiger charge is -2.34. The third-order valence-corrected chi connectivity index (χ3v) is 24.3. The molecule has 0 saturated carbocycles. The van der Waals surface area contributed by atoms with Crippen LogP contribution in [0.2, 0.25) is 10.0 Å². The van der Waals surface area contributed by atoms with Gasteiger partial charge >= 0.3 is 30.0 Å². The first-order valence-electron chi connectivity index (χ1n) is 46.8. The molecule has 0 fully saturated rings. The summed E-state index contributed by atoms with van der Waals surface area (Å²) in [5.74, 6) is -10.4. The van der Waals surface area contributed by atoms with E-state index < -0.39 is 180 Å². The van der Waals surface area contributed by atoms with E-state index in [2.05, 4.69) is 37.2 Å². The van der Waals surface area contributed by atoms with Gasteiger partial charge in [-0.1, -0.05) is 169 Å². The number of allylic oxidation sites excluding steroid dienone is 4. The summed E-state index contributed by atoms with van der Waals surface area (Å²) in [5, 5.41) is 20.2. The minimum absolute atomic E-state index is 0. The highest BCUT2D eigenvalue weighted by molar-refractivity contribution is 6.30. The van der Waals surface area contributed by atoms with Crippen LogP contribution in [0.25, 0.3) is 0 Å². The Morgan fingerprint density at radius 3 is 1.19 bits per heavy atom. The first-order valence-corrected chi connectivity index (χ1v) is 47.5. The van der Waals surface area contributed by atoms with Crippen LogP contribution in [0.4, 0.5) is 4.79 Å². The molecule has 0 aromatic heterocycles. The van der Waals surface area contributed by atoms with Crippen molar-refractivity contribution >= 4 is 112 Å². The zero-order valence-corrected chi connectivity index (χ0v) is 84.8. The Hall–Kier alpha value is -10.2. The fourth-order valence-electron chi connectivity index (χ4n) is 14.9. The van der Waals surface area contributed by atoms with Gasteiger partial charge in [-0.3, -0.25) is 47.9 Å². The standard InChI is InChI=1S/C52H81ClN6O11.C47H73ClN6O9.2CH4/c1-15-32(5)43-46(62)55-36(9)50(66)69-44(33(6)16-2)34(7)20-19-21-35(8)49(65)68-41(28-31(3)4)45(61)56-39(22-17-18-27-54-51(67)70-52(10,11)12)47(63)59(14)40(29-37-23-25-38(53)26-24-37)48(64)58(13)30-42(60)57-43;1-12-29(5)40-43(57)50-33(9)47(61)63-41(30(6)13-2)31(7)17-16-18-32(8)46(60)62-38(25-28(3)4)42(56)51-36(19-14-15-24-49)44(58)54(11)37(26-34-20-22-35(48)23-21-34)45(59)53(10)27-39(55)52-40;;/h16,21,23-26,31-32,34,36,39-41,43-44H,15,17-20,22,27-30H2,1-14H3,(H,54,67)(H,55,62)(H,56,61)(H,57,60);13,18,20-23,28-29,31,33,36-38,40-41H,12,14-17,19,24-27,49H2,1-11H3,(H,50,57)(H,51,56)(H,52,55);2*1H4/b33-16+,35-21+;30-13+,32-18+;;/t32-,34+,36-,39+,40-,41-,43+,44-;29?,31-,33+,36-,37+,38+,40-,41+;;/m10../s1. The second-order valence-electron chi connectivity index (χ2n) is 37.3. The number of cyclic esters (lactones) is 4. The molecule has 2 aliphatic rings. The number of nitrogens with one attached hydrogen (secondary N) is 7. The molecule has 1 unspecified atom stereocenters. The van der Waals surface area contributed by atoms with Crippen LogP contribution in [0, 0.1) is 35.5 Å². The molecule has 760 valence electrons. The topological polar surface area (TPSA) is 425 Å². The maximum absolute atomic E-state index is 14.8. The summed E-state index contributed by atoms with van der Waals surface area (Å²) in [5.41, 5.74) is 8.53. The van der Waals surface area contributed by atoms with Crippen molar-refractivity contribution in [2.75, 3.05) is 54.4 Å². The van der Waals surface area contributed by atoms with Gasteiger partial charge < -0.3 is 86.2 Å². The van der Waals surface area contributed by atoms with E-state index in [0.717, 1.165) is 16.0 Å². The lowest BCUT2D eigenvalue weighted by atomic mass is 9.93. The first kappa shape index (κ1) is 123. The zero-order valence-electron chi connectivity index (χ0n) is 83.2. The highest BCUT2D eigenvalue weighted by atomic mass is 35.5. The SMILES string of the molecule is C.C.C/C=C(\C)[C@H]1OC(=O)[C@@H](C)NC(=O)[C@H](C(C)CC)NC(=O)CN(C)C(=O)[C@@H](Cc2ccc(Cl)cc2)N(C)C(=O)[C@H](CCCCN)NC(=O)[C@@H](CC(C)C)OC(=O)/C(C)=C/CC[C@@H]1C.C/C=C(\C)[C@H]1OC(=O)[C@@H](C)NC(=O)[C@H]([C@H](C)CC)NC(=O)CN(C)C(=O)[C@@H](Cc2ccc(Cl)cc2)N(C)C(=O)[C@H](CCCCNC(=O)OC(C)(C)C)NC(=O)[C@@H](CC(C)C)OC(=O)/C(C)=C/CC[C@@H]1C. The van der Waals surface area contributed by atoms with Crippen molar-refractivity contribution < 1.29 is 95.6 Å². The number of likely N-dealkylation sites (N-methyl/N-ethyl adjacent to an activating group) is 4. The average Bonchev–Trinajstić information content (AvgIpc) is 0.822. The van der Waals surface area contributed by atoms with Gasteiger partial charge in [0.05, 0.1) is 13.1 Å². The number of rotatable bonds is 23. The Morgan fingerprint density at radius 2 is 0.867 bits per heavy atom. The summed E-state index contributed by atoms with van der Waals surface area (Å²) in [6.45, 7) is 37.0. The fourth-order valence-corrected chi connectivity index (χ4v) is 15.1. The molecular formula is C101H162Cl2N12O20. The van der Waals surface area contributed by atoms with Crippen molar-refractivity contribution in [2.24, 2.45) is 41.2 Å². The predicted molar refractivity (Wildman–Crippen MR) is 527 cm³/mol. The Labute approximate surface area is 813 Å². The van der Waals surface area contributed by atoms with E-state index in [0.29, 0.717) is 91.9 Å². The molecule has 0 spiro atoms. The maximum atomic E-state index is 14.8. The van der Waals surface area contributed by atoms with Crippen molar-refractivity contribution in [3.05, 3.63) is 116 Å². The van der Waals surface area contributed by atoms with Crippen LogP contribution in [0.3, 0.4) is 0 Å². The summed E-state index contributed by atoms with van der Waals surface area (Å²) in [6.07, 6.45) is 7.87. The van der Waals surface area contributed by atoms with Crippen LogP contribution in [0.15, 0.2) is 95.1 Å². The summed E-state index contributed by atoms with van der Waals surface area (Å²) in [7, 11) is 5.73. The van der Waals surface area contributed by atoms with Gasteiger partial charge in [0, 0.05) is 68.8 Å². The number of halogens is 2. The number of carbonyl (C=O) groups is 15. The molecule has 0 saturated heterocycles. The molecule has 9 N–H and O–H groups in total. The van der Waals surface area contributed by atoms with Gasteiger partial charge in [-0.05, 0) is 242 Å². The number of ether oxygens (including phenoxy) is 5. The number of alkyl carbamates (subject to hydrolysis) is 1. The van der Waals surface area contributed by atoms with Gasteiger partial charge in [0.15, 0.2) is 12.2 Å². The van der Waals surface area contributed by atoms with Crippen molar-refractivity contribution in [3.8, 4) is 0 Å². The molecule has 0 aliphatic carbocycles. The van der Waals surface area contributed by atoms with Crippen LogP contribution >= 0.6 is 23.2 Å². The predicted octanol–water partition coefficient (Wildman–Crippen LogP) is 12.9. The molecule has 2 heterocycles. The second kappa shape index (κ2) is 61.1. The van der Waals surface area contributed by atoms with Gasteiger partial charge in [-0.15, -0.1) is 0 Å². The van der Waals surface area contributed by atoms with Crippen molar-refractivity contribution in [1.29, 1.82) is 0 Å². The molecule has 11 amide bonds. The smallest absolute Gasteiger partial charge is 0.407 e. The second-order valence-corrected chi connectivity index (χ2v) is 38.2. The molecule has 0 bridgehead atoms. The first-order chi connectivity index (χ1) is 62.3. The Morgan fingerprint density at radius 1 is 0.519 bits per heavy atom. The molecule has 32 nitrogen and oxygen atoms in total. The number of hydrogen-bond donors (Lipinski definition) is 8. The summed E-state index contributed by atoms with van der Waals surface area (Å²) >= 11 is 12.4. The van der Waals surface area contributed by atoms with E-state index in [1.165, 1.54) is 56.7 Å². The molecule has 0 radical (unpaired) electrons. The molecular weight excluding hydrogens is 1770 g/mol. The zero-order chi connectivity index (χ0) is 101. The fraction of sp³-hybridized carbons (Fsp3) is 0.653. The van der Waals surface area contributed by atoms with Crippen molar-refractivity contribution in [2.45, 2.75) is 341 Å². The van der Waals surface area contributed by atoms with Crippen LogP contribution in [-0.4, -0.2) is 241 Å². The van der Waals surface area contributed by atoms with Crippen LogP contribution in [0.5, 0.6) is 0 Å². The third-order valence-electron chi connectivity index (χ3n) is 23.8. The summed E-state index contributed by atoms with van der Waals surface area (Å²) in [4.78, 5) is 213. The quantitative estimate of drug-likeness (QED) is 0.0222. The van der Waals surface area contributed by atoms with Gasteiger partial charge in [0.25, 0.3) is 11.8 Å². The molecule has 135 heavy (non-hydrogen) atoms. The largest absolute Gasteiger partial charge is 0.456 e. The Kier molecular flexibility index (Phi) is 55.6. The lowest BCUT2D eigenvalue weighted by molar-refractivity contribution is -0.154. The lowest BCUT2D eigenvalue weighted by Crippen LogP contribution is -2.58. The summed E-state index contributed by atoms with van der Waals surface area (Å²) in [6, 6.07) is 4.49. The number of unbranched alkanes of at least 4 members (excludes halogenated alkanes) is 2. The maximum Gasteiger partial charge on any atom is 0.407 e. The normalized spacial score (nSPS) is 25.5. The number of nitrogens with two attached hydrogens (primary N) is 1. The Balaban J connectivity index is 0.00000134. The number of esters is 4. The molecule has 34 heteroatoms. The summed E-state index contributed by atoms with van der Waals surface area (Å²) < 4.78 is 29.0. The average molecular weight is 1940 g/mol.